The maximum atomic E-state index is 9.01. The summed E-state index contributed by atoms with van der Waals surface area (Å²) < 4.78 is 7.46. The number of aromatic nitrogens is 3. The molecule has 3 heterocycles. The van der Waals surface area contributed by atoms with Gasteiger partial charge in [0.05, 0.1) is 6.54 Å². The van der Waals surface area contributed by atoms with E-state index in [1.54, 1.807) is 6.07 Å². The molecule has 1 aromatic carbocycles. The van der Waals surface area contributed by atoms with Crippen molar-refractivity contribution in [2.45, 2.75) is 19.6 Å². The number of nitrogens with zero attached hydrogens (tertiary/aromatic N) is 3. The van der Waals surface area contributed by atoms with E-state index in [1.165, 1.54) is 5.56 Å². The van der Waals surface area contributed by atoms with E-state index in [9.17, 15) is 0 Å². The summed E-state index contributed by atoms with van der Waals surface area (Å²) in [6, 6.07) is 17.7. The Balaban J connectivity index is 1.41. The zero-order valence-corrected chi connectivity index (χ0v) is 13.6. The van der Waals surface area contributed by atoms with E-state index in [2.05, 4.69) is 27.6 Å². The number of hydrogen-bond acceptors (Lipinski definition) is 5. The highest BCUT2D eigenvalue weighted by Gasteiger charge is 2.06. The molecule has 126 valence electrons. The number of aliphatic hydroxyl groups is 1. The second kappa shape index (κ2) is 6.78. The summed E-state index contributed by atoms with van der Waals surface area (Å²) in [5.74, 6) is 2.29. The maximum Gasteiger partial charge on any atom is 0.160 e. The quantitative estimate of drug-likeness (QED) is 0.567. The van der Waals surface area contributed by atoms with E-state index < -0.39 is 0 Å². The number of furan rings is 1. The third-order valence-electron chi connectivity index (χ3n) is 4.04. The minimum atomic E-state index is -0.0774. The zero-order chi connectivity index (χ0) is 17.1. The predicted octanol–water partition coefficient (Wildman–Crippen LogP) is 3.02. The molecule has 0 aliphatic heterocycles. The molecule has 0 amide bonds. The number of anilines is 1. The van der Waals surface area contributed by atoms with Gasteiger partial charge in [-0.15, -0.1) is 10.2 Å². The highest BCUT2D eigenvalue weighted by atomic mass is 16.4. The van der Waals surface area contributed by atoms with Gasteiger partial charge in [0.2, 0.25) is 0 Å². The first-order valence-electron chi connectivity index (χ1n) is 8.12. The van der Waals surface area contributed by atoms with E-state index in [0.29, 0.717) is 12.3 Å². The lowest BCUT2D eigenvalue weighted by Gasteiger charge is -2.06. The molecule has 2 N–H and O–H groups in total. The molecule has 0 bridgehead atoms. The molecule has 0 aliphatic rings. The molecule has 4 rings (SSSR count). The summed E-state index contributed by atoms with van der Waals surface area (Å²) in [6.45, 7) is 0.500. The van der Waals surface area contributed by atoms with Crippen LogP contribution in [0.2, 0.25) is 0 Å². The summed E-state index contributed by atoms with van der Waals surface area (Å²) >= 11 is 0. The van der Waals surface area contributed by atoms with Crippen molar-refractivity contribution in [1.82, 2.24) is 14.6 Å². The van der Waals surface area contributed by atoms with E-state index in [-0.39, 0.29) is 6.61 Å². The molecule has 0 saturated carbocycles. The summed E-state index contributed by atoms with van der Waals surface area (Å²) in [5, 5.41) is 20.8. The number of pyridine rings is 1. The smallest absolute Gasteiger partial charge is 0.160 e. The van der Waals surface area contributed by atoms with Gasteiger partial charge in [0, 0.05) is 18.3 Å². The van der Waals surface area contributed by atoms with Crippen LogP contribution < -0.4 is 5.32 Å². The van der Waals surface area contributed by atoms with Crippen molar-refractivity contribution in [2.75, 3.05) is 5.32 Å². The van der Waals surface area contributed by atoms with Gasteiger partial charge < -0.3 is 14.8 Å². The molecular weight excluding hydrogens is 316 g/mol. The van der Waals surface area contributed by atoms with Gasteiger partial charge in [0.25, 0.3) is 0 Å². The van der Waals surface area contributed by atoms with E-state index in [1.807, 2.05) is 47.0 Å². The van der Waals surface area contributed by atoms with Gasteiger partial charge in [0.1, 0.15) is 24.0 Å². The van der Waals surface area contributed by atoms with Crippen molar-refractivity contribution in [2.24, 2.45) is 0 Å². The molecular formula is C19H18N4O2. The fraction of sp³-hybridized carbons (Fsp3) is 0.158. The van der Waals surface area contributed by atoms with Gasteiger partial charge in [-0.2, -0.15) is 0 Å². The van der Waals surface area contributed by atoms with Crippen LogP contribution in [0.4, 0.5) is 5.69 Å². The Labute approximate surface area is 144 Å². The predicted molar refractivity (Wildman–Crippen MR) is 94.2 cm³/mol. The highest BCUT2D eigenvalue weighted by Crippen LogP contribution is 2.15. The number of fused-ring (bicyclic) bond motifs is 1. The van der Waals surface area contributed by atoms with Crippen LogP contribution in [0.1, 0.15) is 22.9 Å². The van der Waals surface area contributed by atoms with Crippen LogP contribution in [0.3, 0.4) is 0 Å². The van der Waals surface area contributed by atoms with Gasteiger partial charge in [0.15, 0.2) is 5.65 Å². The summed E-state index contributed by atoms with van der Waals surface area (Å²) in [5.41, 5.74) is 3.04. The minimum absolute atomic E-state index is 0.0774. The molecule has 25 heavy (non-hydrogen) atoms. The first-order valence-corrected chi connectivity index (χ1v) is 8.12. The highest BCUT2D eigenvalue weighted by molar-refractivity contribution is 5.45. The van der Waals surface area contributed by atoms with Gasteiger partial charge in [-0.05, 0) is 42.0 Å². The second-order valence-corrected chi connectivity index (χ2v) is 5.80. The van der Waals surface area contributed by atoms with Crippen LogP contribution in [0.25, 0.3) is 5.65 Å². The van der Waals surface area contributed by atoms with Crippen LogP contribution in [0.15, 0.2) is 65.2 Å². The van der Waals surface area contributed by atoms with Crippen LogP contribution in [-0.2, 0) is 19.6 Å². The molecule has 0 radical (unpaired) electrons. The molecule has 4 aromatic rings. The molecule has 0 aliphatic carbocycles. The molecule has 3 aromatic heterocycles. The van der Waals surface area contributed by atoms with Gasteiger partial charge in [-0.3, -0.25) is 4.40 Å². The first-order chi connectivity index (χ1) is 12.3. The van der Waals surface area contributed by atoms with Crippen LogP contribution in [0, 0.1) is 0 Å². The summed E-state index contributed by atoms with van der Waals surface area (Å²) in [7, 11) is 0. The lowest BCUT2D eigenvalue weighted by atomic mass is 10.1. The van der Waals surface area contributed by atoms with Gasteiger partial charge in [-0.1, -0.05) is 18.2 Å². The van der Waals surface area contributed by atoms with Crippen molar-refractivity contribution in [1.29, 1.82) is 0 Å². The Morgan fingerprint density at radius 1 is 0.960 bits per heavy atom. The molecule has 0 spiro atoms. The SMILES string of the molecule is OCc1ccc(CNc2ccc(Cc3nnc4ccccn34)cc2)o1. The Hall–Kier alpha value is -3.12. The number of aliphatic hydroxyl groups excluding tert-OH is 1. The molecule has 6 heteroatoms. The van der Waals surface area contributed by atoms with Crippen molar-refractivity contribution < 1.29 is 9.52 Å². The first kappa shape index (κ1) is 15.4. The standard InChI is InChI=1S/C19H18N4O2/c24-13-17-9-8-16(25-17)12-20-15-6-4-14(5-7-15)11-19-22-21-18-3-1-2-10-23(18)19/h1-10,20,24H,11-13H2. The maximum absolute atomic E-state index is 9.01. The van der Waals surface area contributed by atoms with Gasteiger partial charge >= 0.3 is 0 Å². The van der Waals surface area contributed by atoms with E-state index >= 15 is 0 Å². The van der Waals surface area contributed by atoms with Crippen molar-refractivity contribution >= 4 is 11.3 Å². The summed E-state index contributed by atoms with van der Waals surface area (Å²) in [6.07, 6.45) is 2.70. The fourth-order valence-corrected chi connectivity index (χ4v) is 2.73. The fourth-order valence-electron chi connectivity index (χ4n) is 2.73. The molecule has 0 unspecified atom stereocenters. The Kier molecular flexibility index (Phi) is 4.18. The number of benzene rings is 1. The third-order valence-corrected chi connectivity index (χ3v) is 4.04. The minimum Gasteiger partial charge on any atom is -0.462 e. The Morgan fingerprint density at radius 3 is 2.60 bits per heavy atom. The summed E-state index contributed by atoms with van der Waals surface area (Å²) in [4.78, 5) is 0. The van der Waals surface area contributed by atoms with Gasteiger partial charge in [-0.25, -0.2) is 0 Å². The van der Waals surface area contributed by atoms with Crippen LogP contribution >= 0.6 is 0 Å². The van der Waals surface area contributed by atoms with Crippen LogP contribution in [0.5, 0.6) is 0 Å². The number of nitrogens with one attached hydrogen (secondary N) is 1. The average molecular weight is 334 g/mol. The van der Waals surface area contributed by atoms with Crippen LogP contribution in [-0.4, -0.2) is 19.7 Å². The number of rotatable bonds is 6. The van der Waals surface area contributed by atoms with Crippen molar-refractivity contribution in [3.63, 3.8) is 0 Å². The molecule has 0 atom stereocenters. The molecule has 6 nitrogen and oxygen atoms in total. The normalized spacial score (nSPS) is 11.1. The monoisotopic (exact) mass is 334 g/mol. The van der Waals surface area contributed by atoms with E-state index in [4.69, 9.17) is 9.52 Å². The molecule has 0 fully saturated rings. The lowest BCUT2D eigenvalue weighted by Crippen LogP contribution is -1.99. The average Bonchev–Trinajstić information content (AvgIpc) is 3.28. The Bertz CT molecular complexity index is 972. The zero-order valence-electron chi connectivity index (χ0n) is 13.6. The van der Waals surface area contributed by atoms with E-state index in [0.717, 1.165) is 29.3 Å². The number of hydrogen-bond donors (Lipinski definition) is 2. The lowest BCUT2D eigenvalue weighted by molar-refractivity contribution is 0.244. The molecule has 0 saturated heterocycles. The second-order valence-electron chi connectivity index (χ2n) is 5.80. The largest absolute Gasteiger partial charge is 0.462 e. The Morgan fingerprint density at radius 2 is 1.80 bits per heavy atom. The third kappa shape index (κ3) is 3.39. The van der Waals surface area contributed by atoms with Crippen molar-refractivity contribution in [3.05, 3.63) is 83.7 Å². The van der Waals surface area contributed by atoms with Crippen molar-refractivity contribution in [3.8, 4) is 0 Å². The topological polar surface area (TPSA) is 75.6 Å².